The van der Waals surface area contributed by atoms with Crippen LogP contribution in [0.15, 0.2) is 59.2 Å². The van der Waals surface area contributed by atoms with Crippen molar-refractivity contribution in [3.05, 3.63) is 59.2 Å². The Morgan fingerprint density at radius 3 is 2.48 bits per heavy atom. The minimum atomic E-state index is 0.381. The monoisotopic (exact) mass is 371 g/mol. The van der Waals surface area contributed by atoms with Gasteiger partial charge in [-0.15, -0.1) is 5.10 Å². The summed E-state index contributed by atoms with van der Waals surface area (Å²) in [7, 11) is 1.62. The summed E-state index contributed by atoms with van der Waals surface area (Å²) in [5.41, 5.74) is 1.67. The fourth-order valence-electron chi connectivity index (χ4n) is 1.99. The highest BCUT2D eigenvalue weighted by atomic mass is 79.9. The normalized spacial score (nSPS) is 10.2. The predicted octanol–water partition coefficient (Wildman–Crippen LogP) is 4.13. The molecule has 2 aromatic carbocycles. The second-order valence-corrected chi connectivity index (χ2v) is 5.45. The number of methoxy groups -OCH3 is 1. The van der Waals surface area contributed by atoms with E-state index in [9.17, 15) is 0 Å². The zero-order valence-corrected chi connectivity index (χ0v) is 13.9. The lowest BCUT2D eigenvalue weighted by Crippen LogP contribution is -2.03. The van der Waals surface area contributed by atoms with E-state index in [1.165, 1.54) is 0 Å². The van der Waals surface area contributed by atoms with Crippen molar-refractivity contribution in [2.45, 2.75) is 0 Å². The summed E-state index contributed by atoms with van der Waals surface area (Å²) >= 11 is 3.49. The Hall–Kier alpha value is -2.67. The molecule has 6 nitrogen and oxygen atoms in total. The van der Waals surface area contributed by atoms with Crippen molar-refractivity contribution < 1.29 is 4.74 Å². The van der Waals surface area contributed by atoms with Crippen molar-refractivity contribution in [3.63, 3.8) is 0 Å². The van der Waals surface area contributed by atoms with Crippen molar-refractivity contribution >= 4 is 39.1 Å². The Morgan fingerprint density at radius 2 is 1.70 bits per heavy atom. The van der Waals surface area contributed by atoms with Crippen LogP contribution in [0.25, 0.3) is 0 Å². The highest BCUT2D eigenvalue weighted by Gasteiger charge is 2.06. The molecule has 0 aliphatic rings. The molecule has 1 aromatic heterocycles. The highest BCUT2D eigenvalue weighted by Crippen LogP contribution is 2.27. The van der Waals surface area contributed by atoms with Crippen molar-refractivity contribution in [1.82, 2.24) is 15.2 Å². The van der Waals surface area contributed by atoms with Gasteiger partial charge in [-0.05, 0) is 40.2 Å². The third-order valence-electron chi connectivity index (χ3n) is 3.05. The number of nitrogens with zero attached hydrogens (tertiary/aromatic N) is 3. The van der Waals surface area contributed by atoms with Gasteiger partial charge in [0.1, 0.15) is 5.75 Å². The van der Waals surface area contributed by atoms with Gasteiger partial charge in [-0.25, -0.2) is 0 Å². The lowest BCUT2D eigenvalue weighted by Gasteiger charge is -2.11. The molecule has 0 aliphatic carbocycles. The molecule has 7 heteroatoms. The molecule has 1 heterocycles. The molecule has 0 fully saturated rings. The smallest absolute Gasteiger partial charge is 0.249 e. The Balaban J connectivity index is 1.81. The van der Waals surface area contributed by atoms with Gasteiger partial charge in [-0.2, -0.15) is 10.1 Å². The number of anilines is 4. The first-order valence-corrected chi connectivity index (χ1v) is 7.67. The minimum absolute atomic E-state index is 0.381. The number of aromatic nitrogens is 3. The SMILES string of the molecule is COc1ccccc1Nc1nncc(Nc2ccccc2Br)n1. The van der Waals surface area contributed by atoms with Crippen LogP contribution in [-0.4, -0.2) is 22.3 Å². The van der Waals surface area contributed by atoms with Gasteiger partial charge in [-0.1, -0.05) is 24.3 Å². The van der Waals surface area contributed by atoms with Crippen LogP contribution in [0.3, 0.4) is 0 Å². The van der Waals surface area contributed by atoms with Crippen LogP contribution in [0.5, 0.6) is 5.75 Å². The summed E-state index contributed by atoms with van der Waals surface area (Å²) < 4.78 is 6.24. The average Bonchev–Trinajstić information content (AvgIpc) is 2.58. The van der Waals surface area contributed by atoms with Crippen molar-refractivity contribution in [2.75, 3.05) is 17.7 Å². The topological polar surface area (TPSA) is 72.0 Å². The predicted molar refractivity (Wildman–Crippen MR) is 93.5 cm³/mol. The van der Waals surface area contributed by atoms with Gasteiger partial charge >= 0.3 is 0 Å². The van der Waals surface area contributed by atoms with E-state index in [2.05, 4.69) is 41.7 Å². The molecule has 2 N–H and O–H groups in total. The summed E-state index contributed by atoms with van der Waals surface area (Å²) in [6.45, 7) is 0. The van der Waals surface area contributed by atoms with Gasteiger partial charge in [-0.3, -0.25) is 0 Å². The zero-order valence-electron chi connectivity index (χ0n) is 12.3. The van der Waals surface area contributed by atoms with Crippen LogP contribution in [0.4, 0.5) is 23.1 Å². The van der Waals surface area contributed by atoms with Gasteiger partial charge in [0.25, 0.3) is 0 Å². The number of ether oxygens (including phenoxy) is 1. The summed E-state index contributed by atoms with van der Waals surface area (Å²) in [6.07, 6.45) is 1.56. The summed E-state index contributed by atoms with van der Waals surface area (Å²) in [5, 5.41) is 14.3. The molecule has 0 radical (unpaired) electrons. The molecular weight excluding hydrogens is 358 g/mol. The van der Waals surface area contributed by atoms with Gasteiger partial charge < -0.3 is 15.4 Å². The van der Waals surface area contributed by atoms with E-state index in [0.29, 0.717) is 17.5 Å². The zero-order chi connectivity index (χ0) is 16.1. The fourth-order valence-corrected chi connectivity index (χ4v) is 2.37. The number of benzene rings is 2. The van der Waals surface area contributed by atoms with Crippen molar-refractivity contribution in [1.29, 1.82) is 0 Å². The van der Waals surface area contributed by atoms with E-state index < -0.39 is 0 Å². The van der Waals surface area contributed by atoms with Gasteiger partial charge in [0.15, 0.2) is 5.82 Å². The molecule has 0 atom stereocenters. The second kappa shape index (κ2) is 7.06. The summed E-state index contributed by atoms with van der Waals surface area (Å²) in [4.78, 5) is 4.41. The maximum atomic E-state index is 5.30. The largest absolute Gasteiger partial charge is 0.495 e. The Kier molecular flexibility index (Phi) is 4.68. The Labute approximate surface area is 142 Å². The number of halogens is 1. The molecule has 116 valence electrons. The molecule has 0 aliphatic heterocycles. The molecule has 0 saturated heterocycles. The Morgan fingerprint density at radius 1 is 0.957 bits per heavy atom. The lowest BCUT2D eigenvalue weighted by molar-refractivity contribution is 0.417. The van der Waals surface area contributed by atoms with Gasteiger partial charge in [0.2, 0.25) is 5.95 Å². The van der Waals surface area contributed by atoms with Crippen molar-refractivity contribution in [2.24, 2.45) is 0 Å². The lowest BCUT2D eigenvalue weighted by atomic mass is 10.3. The fraction of sp³-hybridized carbons (Fsp3) is 0.0625. The number of hydrogen-bond donors (Lipinski definition) is 2. The van der Waals surface area contributed by atoms with Gasteiger partial charge in [0, 0.05) is 4.47 Å². The summed E-state index contributed by atoms with van der Waals surface area (Å²) in [5.74, 6) is 1.68. The molecule has 0 bridgehead atoms. The van der Waals surface area contributed by atoms with E-state index >= 15 is 0 Å². The molecule has 3 aromatic rings. The van der Waals surface area contributed by atoms with Crippen LogP contribution in [0.1, 0.15) is 0 Å². The van der Waals surface area contributed by atoms with E-state index in [1.54, 1.807) is 13.3 Å². The highest BCUT2D eigenvalue weighted by molar-refractivity contribution is 9.10. The summed E-state index contributed by atoms with van der Waals surface area (Å²) in [6, 6.07) is 15.3. The number of nitrogens with one attached hydrogen (secondary N) is 2. The first-order valence-electron chi connectivity index (χ1n) is 6.87. The third-order valence-corrected chi connectivity index (χ3v) is 3.74. The molecule has 0 spiro atoms. The van der Waals surface area contributed by atoms with E-state index in [4.69, 9.17) is 4.74 Å². The molecule has 0 amide bonds. The number of rotatable bonds is 5. The Bertz CT molecular complexity index is 812. The maximum Gasteiger partial charge on any atom is 0.249 e. The maximum absolute atomic E-state index is 5.30. The van der Waals surface area contributed by atoms with E-state index in [0.717, 1.165) is 15.8 Å². The minimum Gasteiger partial charge on any atom is -0.495 e. The van der Waals surface area contributed by atoms with E-state index in [-0.39, 0.29) is 0 Å². The van der Waals surface area contributed by atoms with Crippen LogP contribution in [0, 0.1) is 0 Å². The van der Waals surface area contributed by atoms with Crippen LogP contribution in [-0.2, 0) is 0 Å². The quantitative estimate of drug-likeness (QED) is 0.702. The molecule has 0 unspecified atom stereocenters. The molecule has 3 rings (SSSR count). The van der Waals surface area contributed by atoms with Crippen LogP contribution < -0.4 is 15.4 Å². The van der Waals surface area contributed by atoms with Crippen LogP contribution >= 0.6 is 15.9 Å². The average molecular weight is 372 g/mol. The molecule has 0 saturated carbocycles. The number of para-hydroxylation sites is 3. The van der Waals surface area contributed by atoms with Gasteiger partial charge in [0.05, 0.1) is 24.7 Å². The second-order valence-electron chi connectivity index (χ2n) is 4.60. The standard InChI is InChI=1S/C16H14BrN5O/c1-23-14-9-5-4-8-13(14)20-16-21-15(10-18-22-16)19-12-7-3-2-6-11(12)17/h2-10H,1H3,(H2,19,20,21,22). The van der Waals surface area contributed by atoms with Crippen LogP contribution in [0.2, 0.25) is 0 Å². The first kappa shape index (κ1) is 15.2. The molecule has 23 heavy (non-hydrogen) atoms. The van der Waals surface area contributed by atoms with Crippen molar-refractivity contribution in [3.8, 4) is 5.75 Å². The van der Waals surface area contributed by atoms with E-state index in [1.807, 2.05) is 48.5 Å². The number of hydrogen-bond acceptors (Lipinski definition) is 6. The molecular formula is C16H14BrN5O. The first-order chi connectivity index (χ1) is 11.3. The third kappa shape index (κ3) is 3.75.